The highest BCUT2D eigenvalue weighted by atomic mass is 15.3. The third-order valence-electron chi connectivity index (χ3n) is 7.35. The lowest BCUT2D eigenvalue weighted by atomic mass is 9.72. The Kier molecular flexibility index (Phi) is 4.56. The lowest BCUT2D eigenvalue weighted by Crippen LogP contribution is -2.43. The van der Waals surface area contributed by atoms with Gasteiger partial charge in [0.15, 0.2) is 11.5 Å². The highest BCUT2D eigenvalue weighted by Gasteiger charge is 2.34. The van der Waals surface area contributed by atoms with E-state index in [0.717, 1.165) is 57.6 Å². The second-order valence-corrected chi connectivity index (χ2v) is 9.72. The van der Waals surface area contributed by atoms with Crippen LogP contribution < -0.4 is 5.73 Å². The Morgan fingerprint density at radius 3 is 2.39 bits per heavy atom. The van der Waals surface area contributed by atoms with E-state index in [1.807, 2.05) is 40.4 Å². The van der Waals surface area contributed by atoms with Crippen LogP contribution in [-0.4, -0.2) is 29.1 Å². The minimum absolute atomic E-state index is 0.181. The zero-order valence-corrected chi connectivity index (χ0v) is 20.0. The molecule has 4 heterocycles. The first kappa shape index (κ1) is 21.0. The molecule has 36 heavy (non-hydrogen) atoms. The number of fused-ring (bicyclic) bond motifs is 3. The Labute approximate surface area is 208 Å². The molecule has 0 amide bonds. The van der Waals surface area contributed by atoms with Gasteiger partial charge in [0.2, 0.25) is 0 Å². The molecule has 0 aliphatic heterocycles. The molecule has 2 N–H and O–H groups in total. The minimum atomic E-state index is -0.181. The molecule has 0 bridgehead atoms. The van der Waals surface area contributed by atoms with Crippen LogP contribution in [0.4, 0.5) is 0 Å². The van der Waals surface area contributed by atoms with Crippen LogP contribution in [0.5, 0.6) is 0 Å². The zero-order chi connectivity index (χ0) is 24.3. The zero-order valence-electron chi connectivity index (χ0n) is 20.0. The number of nitrogens with zero attached hydrogens (tertiary/aromatic N) is 6. The van der Waals surface area contributed by atoms with Crippen molar-refractivity contribution in [2.24, 2.45) is 12.8 Å². The molecule has 6 aromatic rings. The van der Waals surface area contributed by atoms with Crippen LogP contribution in [0, 0.1) is 0 Å². The van der Waals surface area contributed by atoms with Gasteiger partial charge in [-0.05, 0) is 48.6 Å². The Hall–Kier alpha value is -4.36. The number of hydrogen-bond acceptors (Lipinski definition) is 5. The predicted molar refractivity (Wildman–Crippen MR) is 141 cm³/mol. The molecule has 0 spiro atoms. The summed E-state index contributed by atoms with van der Waals surface area (Å²) >= 11 is 0. The maximum absolute atomic E-state index is 6.58. The average Bonchev–Trinajstić information content (AvgIpc) is 3.53. The maximum Gasteiger partial charge on any atom is 0.189 e. The van der Waals surface area contributed by atoms with E-state index in [4.69, 9.17) is 10.7 Å². The van der Waals surface area contributed by atoms with Crippen molar-refractivity contribution in [1.29, 1.82) is 0 Å². The Balaban J connectivity index is 1.46. The Morgan fingerprint density at radius 2 is 1.69 bits per heavy atom. The van der Waals surface area contributed by atoms with E-state index in [9.17, 15) is 0 Å². The fourth-order valence-corrected chi connectivity index (χ4v) is 5.17. The molecule has 0 saturated heterocycles. The summed E-state index contributed by atoms with van der Waals surface area (Å²) in [4.78, 5) is 9.69. The van der Waals surface area contributed by atoms with Crippen molar-refractivity contribution in [3.8, 4) is 33.9 Å². The molecular weight excluding hydrogens is 446 g/mol. The van der Waals surface area contributed by atoms with Gasteiger partial charge in [0.25, 0.3) is 0 Å². The molecule has 1 fully saturated rings. The first-order valence-corrected chi connectivity index (χ1v) is 12.2. The van der Waals surface area contributed by atoms with Gasteiger partial charge in [0.05, 0.1) is 23.1 Å². The molecule has 2 aromatic carbocycles. The van der Waals surface area contributed by atoms with E-state index in [1.54, 1.807) is 6.33 Å². The van der Waals surface area contributed by atoms with Gasteiger partial charge in [-0.2, -0.15) is 0 Å². The standard InChI is InChI=1S/C29H25N7/c1-35-17-24(31-18-35)28-34-33-26-13-12-23-25(36(26)28)16-22(19-6-3-2-4-7-19)27(32-23)20-8-10-21(11-9-20)29(30)14-5-15-29/h2-4,6-13,16-18H,5,14-15,30H2,1H3. The van der Waals surface area contributed by atoms with Crippen molar-refractivity contribution in [2.75, 3.05) is 0 Å². The van der Waals surface area contributed by atoms with Gasteiger partial charge < -0.3 is 10.3 Å². The van der Waals surface area contributed by atoms with E-state index in [1.165, 1.54) is 12.0 Å². The molecule has 176 valence electrons. The predicted octanol–water partition coefficient (Wildman–Crippen LogP) is 5.35. The van der Waals surface area contributed by atoms with Crippen LogP contribution in [0.1, 0.15) is 24.8 Å². The van der Waals surface area contributed by atoms with E-state index in [0.29, 0.717) is 5.82 Å². The van der Waals surface area contributed by atoms with Crippen molar-refractivity contribution in [3.63, 3.8) is 0 Å². The highest BCUT2D eigenvalue weighted by molar-refractivity contribution is 5.91. The number of benzene rings is 2. The smallest absolute Gasteiger partial charge is 0.189 e. The molecular formula is C29H25N7. The van der Waals surface area contributed by atoms with E-state index < -0.39 is 0 Å². The second kappa shape index (κ2) is 7.83. The lowest BCUT2D eigenvalue weighted by molar-refractivity contribution is 0.253. The molecule has 1 aliphatic carbocycles. The summed E-state index contributed by atoms with van der Waals surface area (Å²) in [6, 6.07) is 25.2. The third-order valence-corrected chi connectivity index (χ3v) is 7.35. The first-order chi connectivity index (χ1) is 17.6. The largest absolute Gasteiger partial charge is 0.340 e. The number of aryl methyl sites for hydroxylation is 1. The summed E-state index contributed by atoms with van der Waals surface area (Å²) in [5, 5.41) is 8.86. The van der Waals surface area contributed by atoms with Gasteiger partial charge in [-0.3, -0.25) is 4.40 Å². The van der Waals surface area contributed by atoms with Crippen LogP contribution in [0.25, 0.3) is 50.6 Å². The van der Waals surface area contributed by atoms with E-state index >= 15 is 0 Å². The van der Waals surface area contributed by atoms with Gasteiger partial charge in [-0.25, -0.2) is 9.97 Å². The van der Waals surface area contributed by atoms with E-state index in [2.05, 4.69) is 69.8 Å². The lowest BCUT2D eigenvalue weighted by Gasteiger charge is -2.38. The maximum atomic E-state index is 6.58. The van der Waals surface area contributed by atoms with Gasteiger partial charge in [-0.1, -0.05) is 54.6 Å². The molecule has 1 aliphatic rings. The fraction of sp³-hybridized carbons (Fsp3) is 0.172. The van der Waals surface area contributed by atoms with Crippen molar-refractivity contribution in [1.82, 2.24) is 29.1 Å². The van der Waals surface area contributed by atoms with Gasteiger partial charge in [0.1, 0.15) is 5.69 Å². The fourth-order valence-electron chi connectivity index (χ4n) is 5.17. The average molecular weight is 472 g/mol. The molecule has 7 heteroatoms. The number of rotatable bonds is 4. The molecule has 7 rings (SSSR count). The molecule has 4 aromatic heterocycles. The SMILES string of the molecule is Cn1cnc(-c2nnc3ccc4nc(-c5ccc(C6(N)CCC6)cc5)c(-c5ccccc5)cc4n23)c1. The number of aromatic nitrogens is 6. The minimum Gasteiger partial charge on any atom is -0.340 e. The van der Waals surface area contributed by atoms with Crippen LogP contribution in [0.15, 0.2) is 85.3 Å². The Bertz CT molecular complexity index is 1730. The van der Waals surface area contributed by atoms with Crippen molar-refractivity contribution in [2.45, 2.75) is 24.8 Å². The van der Waals surface area contributed by atoms with Gasteiger partial charge >= 0.3 is 0 Å². The highest BCUT2D eigenvalue weighted by Crippen LogP contribution is 2.40. The molecule has 1 saturated carbocycles. The number of imidazole rings is 1. The summed E-state index contributed by atoms with van der Waals surface area (Å²) in [6.07, 6.45) is 7.00. The first-order valence-electron chi connectivity index (χ1n) is 12.2. The summed E-state index contributed by atoms with van der Waals surface area (Å²) in [7, 11) is 1.95. The van der Waals surface area contributed by atoms with Gasteiger partial charge in [-0.15, -0.1) is 10.2 Å². The molecule has 0 unspecified atom stereocenters. The summed E-state index contributed by atoms with van der Waals surface area (Å²) in [6.45, 7) is 0. The van der Waals surface area contributed by atoms with Crippen LogP contribution in [-0.2, 0) is 12.6 Å². The van der Waals surface area contributed by atoms with Crippen LogP contribution in [0.3, 0.4) is 0 Å². The monoisotopic (exact) mass is 471 g/mol. The van der Waals surface area contributed by atoms with Gasteiger partial charge in [0, 0.05) is 29.9 Å². The van der Waals surface area contributed by atoms with Crippen molar-refractivity contribution < 1.29 is 0 Å². The summed E-state index contributed by atoms with van der Waals surface area (Å²) < 4.78 is 3.95. The third kappa shape index (κ3) is 3.24. The van der Waals surface area contributed by atoms with Crippen molar-refractivity contribution in [3.05, 3.63) is 90.9 Å². The molecule has 0 radical (unpaired) electrons. The second-order valence-electron chi connectivity index (χ2n) is 9.72. The number of nitrogens with two attached hydrogens (primary N) is 1. The number of pyridine rings is 2. The number of hydrogen-bond donors (Lipinski definition) is 1. The topological polar surface area (TPSA) is 86.9 Å². The molecule has 0 atom stereocenters. The van der Waals surface area contributed by atoms with E-state index in [-0.39, 0.29) is 5.54 Å². The quantitative estimate of drug-likeness (QED) is 0.375. The van der Waals surface area contributed by atoms with Crippen LogP contribution >= 0.6 is 0 Å². The normalized spacial score (nSPS) is 14.8. The van der Waals surface area contributed by atoms with Crippen LogP contribution in [0.2, 0.25) is 0 Å². The Morgan fingerprint density at radius 1 is 0.889 bits per heavy atom. The summed E-state index contributed by atoms with van der Waals surface area (Å²) in [5.74, 6) is 0.697. The molecule has 7 nitrogen and oxygen atoms in total. The summed E-state index contributed by atoms with van der Waals surface area (Å²) in [5.41, 5.74) is 15.1. The van der Waals surface area contributed by atoms with Crippen molar-refractivity contribution >= 4 is 16.7 Å².